The molecule has 4 heteroatoms. The van der Waals surface area contributed by atoms with Crippen LogP contribution >= 0.6 is 11.6 Å². The average Bonchev–Trinajstić information content (AvgIpc) is 2.50. The van der Waals surface area contributed by atoms with Crippen molar-refractivity contribution < 1.29 is 9.18 Å². The van der Waals surface area contributed by atoms with E-state index in [9.17, 15) is 9.18 Å². The first-order valence-corrected chi connectivity index (χ1v) is 6.84. The van der Waals surface area contributed by atoms with Gasteiger partial charge in [-0.15, -0.1) is 0 Å². The monoisotopic (exact) mass is 299 g/mol. The second-order valence-electron chi connectivity index (χ2n) is 4.72. The van der Waals surface area contributed by atoms with E-state index in [2.05, 4.69) is 4.98 Å². The van der Waals surface area contributed by atoms with E-state index in [1.807, 2.05) is 24.3 Å². The number of Topliss-reactive ketones (excluding diaryl/α,β-unsaturated/α-hetero) is 1. The van der Waals surface area contributed by atoms with Crippen molar-refractivity contribution in [1.82, 2.24) is 4.98 Å². The number of hydrogen-bond acceptors (Lipinski definition) is 2. The summed E-state index contributed by atoms with van der Waals surface area (Å²) in [6.45, 7) is 0. The molecule has 2 nitrogen and oxygen atoms in total. The minimum Gasteiger partial charge on any atom is -0.294 e. The Morgan fingerprint density at radius 3 is 2.76 bits per heavy atom. The van der Waals surface area contributed by atoms with Gasteiger partial charge < -0.3 is 0 Å². The molecule has 0 spiro atoms. The molecule has 0 aliphatic carbocycles. The number of carbonyl (C=O) groups is 1. The SMILES string of the molecule is O=C(Cc1ccc(Cl)c(F)c1)c1ccnc2ccccc12. The zero-order valence-corrected chi connectivity index (χ0v) is 11.8. The number of rotatable bonds is 3. The van der Waals surface area contributed by atoms with Crippen LogP contribution in [0, 0.1) is 5.82 Å². The molecule has 0 aliphatic heterocycles. The minimum atomic E-state index is -0.512. The van der Waals surface area contributed by atoms with Crippen LogP contribution < -0.4 is 0 Å². The van der Waals surface area contributed by atoms with Crippen LogP contribution in [0.4, 0.5) is 4.39 Å². The van der Waals surface area contributed by atoms with Gasteiger partial charge in [0.1, 0.15) is 5.82 Å². The zero-order chi connectivity index (χ0) is 14.8. The van der Waals surface area contributed by atoms with E-state index in [0.717, 1.165) is 10.9 Å². The Hall–Kier alpha value is -2.26. The summed E-state index contributed by atoms with van der Waals surface area (Å²) in [5.74, 6) is -0.586. The van der Waals surface area contributed by atoms with Crippen LogP contribution in [0.15, 0.2) is 54.7 Å². The summed E-state index contributed by atoms with van der Waals surface area (Å²) in [6, 6.07) is 13.6. The van der Waals surface area contributed by atoms with Crippen molar-refractivity contribution in [3.05, 3.63) is 76.7 Å². The number of benzene rings is 2. The van der Waals surface area contributed by atoms with E-state index in [-0.39, 0.29) is 17.2 Å². The molecule has 0 fully saturated rings. The second kappa shape index (κ2) is 5.62. The van der Waals surface area contributed by atoms with Gasteiger partial charge in [-0.25, -0.2) is 4.39 Å². The number of halogens is 2. The van der Waals surface area contributed by atoms with Crippen LogP contribution in [-0.4, -0.2) is 10.8 Å². The molecule has 0 atom stereocenters. The largest absolute Gasteiger partial charge is 0.294 e. The molecule has 21 heavy (non-hydrogen) atoms. The van der Waals surface area contributed by atoms with Crippen molar-refractivity contribution in [3.63, 3.8) is 0 Å². The van der Waals surface area contributed by atoms with Gasteiger partial charge in [0.05, 0.1) is 10.5 Å². The highest BCUT2D eigenvalue weighted by Gasteiger charge is 2.12. The number of hydrogen-bond donors (Lipinski definition) is 0. The van der Waals surface area contributed by atoms with Crippen LogP contribution in [0.1, 0.15) is 15.9 Å². The fourth-order valence-corrected chi connectivity index (χ4v) is 2.39. The molecule has 0 aliphatic rings. The van der Waals surface area contributed by atoms with Crippen LogP contribution in [-0.2, 0) is 6.42 Å². The number of aromatic nitrogens is 1. The smallest absolute Gasteiger partial charge is 0.167 e. The van der Waals surface area contributed by atoms with Gasteiger partial charge >= 0.3 is 0 Å². The Morgan fingerprint density at radius 1 is 1.14 bits per heavy atom. The molecule has 3 aromatic rings. The van der Waals surface area contributed by atoms with Gasteiger partial charge in [0.25, 0.3) is 0 Å². The van der Waals surface area contributed by atoms with Crippen molar-refractivity contribution in [1.29, 1.82) is 0 Å². The van der Waals surface area contributed by atoms with Crippen molar-refractivity contribution in [2.24, 2.45) is 0 Å². The van der Waals surface area contributed by atoms with Gasteiger partial charge in [-0.1, -0.05) is 35.9 Å². The van der Waals surface area contributed by atoms with E-state index in [4.69, 9.17) is 11.6 Å². The Balaban J connectivity index is 1.95. The maximum absolute atomic E-state index is 13.4. The number of ketones is 1. The molecule has 1 heterocycles. The van der Waals surface area contributed by atoms with E-state index >= 15 is 0 Å². The maximum Gasteiger partial charge on any atom is 0.167 e. The zero-order valence-electron chi connectivity index (χ0n) is 11.0. The first-order chi connectivity index (χ1) is 10.1. The summed E-state index contributed by atoms with van der Waals surface area (Å²) in [5, 5.41) is 0.861. The summed E-state index contributed by atoms with van der Waals surface area (Å²) >= 11 is 5.64. The van der Waals surface area contributed by atoms with E-state index in [1.165, 1.54) is 12.1 Å². The molecule has 2 aromatic carbocycles. The van der Waals surface area contributed by atoms with Gasteiger partial charge in [0.15, 0.2) is 5.78 Å². The van der Waals surface area contributed by atoms with Gasteiger partial charge in [0, 0.05) is 23.6 Å². The molecule has 0 saturated heterocycles. The predicted molar refractivity (Wildman–Crippen MR) is 81.2 cm³/mol. The second-order valence-corrected chi connectivity index (χ2v) is 5.13. The summed E-state index contributed by atoms with van der Waals surface area (Å²) in [6.07, 6.45) is 1.74. The third kappa shape index (κ3) is 2.78. The molecule has 0 unspecified atom stereocenters. The van der Waals surface area contributed by atoms with Crippen LogP contribution in [0.5, 0.6) is 0 Å². The van der Waals surface area contributed by atoms with E-state index in [0.29, 0.717) is 11.1 Å². The number of para-hydroxylation sites is 1. The van der Waals surface area contributed by atoms with Crippen molar-refractivity contribution in [2.45, 2.75) is 6.42 Å². The molecule has 104 valence electrons. The molecule has 3 rings (SSSR count). The Morgan fingerprint density at radius 2 is 1.95 bits per heavy atom. The lowest BCUT2D eigenvalue weighted by Crippen LogP contribution is -2.05. The van der Waals surface area contributed by atoms with Gasteiger partial charge in [-0.3, -0.25) is 9.78 Å². The standard InChI is InChI=1S/C17H11ClFNO/c18-14-6-5-11(9-15(14)19)10-17(21)13-7-8-20-16-4-2-1-3-12(13)16/h1-9H,10H2. The molecule has 1 aromatic heterocycles. The van der Waals surface area contributed by atoms with Crippen LogP contribution in [0.3, 0.4) is 0 Å². The Bertz CT molecular complexity index is 827. The van der Waals surface area contributed by atoms with Crippen LogP contribution in [0.25, 0.3) is 10.9 Å². The van der Waals surface area contributed by atoms with Gasteiger partial charge in [0.2, 0.25) is 0 Å². The van der Waals surface area contributed by atoms with Gasteiger partial charge in [-0.05, 0) is 29.8 Å². The van der Waals surface area contributed by atoms with E-state index < -0.39 is 5.82 Å². The molecule has 0 N–H and O–H groups in total. The molecular formula is C17H11ClFNO. The fraction of sp³-hybridized carbons (Fsp3) is 0.0588. The van der Waals surface area contributed by atoms with E-state index in [1.54, 1.807) is 18.3 Å². The first kappa shape index (κ1) is 13.7. The highest BCUT2D eigenvalue weighted by molar-refractivity contribution is 6.30. The van der Waals surface area contributed by atoms with Crippen molar-refractivity contribution in [2.75, 3.05) is 0 Å². The maximum atomic E-state index is 13.4. The molecule has 0 saturated carbocycles. The topological polar surface area (TPSA) is 30.0 Å². The number of nitrogens with zero attached hydrogens (tertiary/aromatic N) is 1. The minimum absolute atomic E-state index is 0.0561. The summed E-state index contributed by atoms with van der Waals surface area (Å²) < 4.78 is 13.4. The highest BCUT2D eigenvalue weighted by Crippen LogP contribution is 2.20. The number of carbonyl (C=O) groups excluding carboxylic acids is 1. The van der Waals surface area contributed by atoms with Crippen molar-refractivity contribution in [3.8, 4) is 0 Å². The lowest BCUT2D eigenvalue weighted by molar-refractivity contribution is 0.0994. The predicted octanol–water partition coefficient (Wildman–Crippen LogP) is 4.45. The third-order valence-corrected chi connectivity index (χ3v) is 3.60. The Labute approximate surface area is 126 Å². The van der Waals surface area contributed by atoms with Gasteiger partial charge in [-0.2, -0.15) is 0 Å². The average molecular weight is 300 g/mol. The third-order valence-electron chi connectivity index (χ3n) is 3.30. The number of fused-ring (bicyclic) bond motifs is 1. The fourth-order valence-electron chi connectivity index (χ4n) is 2.27. The lowest BCUT2D eigenvalue weighted by atomic mass is 10.00. The normalized spacial score (nSPS) is 10.8. The number of pyridine rings is 1. The highest BCUT2D eigenvalue weighted by atomic mass is 35.5. The molecule has 0 bridgehead atoms. The lowest BCUT2D eigenvalue weighted by Gasteiger charge is -2.06. The summed E-state index contributed by atoms with van der Waals surface area (Å²) in [7, 11) is 0. The molecular weight excluding hydrogens is 289 g/mol. The molecule has 0 radical (unpaired) electrons. The van der Waals surface area contributed by atoms with Crippen molar-refractivity contribution >= 4 is 28.3 Å². The quantitative estimate of drug-likeness (QED) is 0.669. The molecule has 0 amide bonds. The van der Waals surface area contributed by atoms with Crippen LogP contribution in [0.2, 0.25) is 5.02 Å². The Kier molecular flexibility index (Phi) is 3.67. The summed E-state index contributed by atoms with van der Waals surface area (Å²) in [4.78, 5) is 16.7. The first-order valence-electron chi connectivity index (χ1n) is 6.46. The summed E-state index contributed by atoms with van der Waals surface area (Å²) in [5.41, 5.74) is 1.96.